The molecule has 5 aromatic rings. The molecule has 0 saturated carbocycles. The highest BCUT2D eigenvalue weighted by atomic mass is 35.5. The lowest BCUT2D eigenvalue weighted by Crippen LogP contribution is -2.27. The van der Waals surface area contributed by atoms with Gasteiger partial charge in [0.25, 0.3) is 11.4 Å². The highest BCUT2D eigenvalue weighted by Gasteiger charge is 2.21. The van der Waals surface area contributed by atoms with E-state index in [1.807, 2.05) is 31.2 Å². The predicted octanol–water partition coefficient (Wildman–Crippen LogP) is 5.08. The third kappa shape index (κ3) is 4.23. The first kappa shape index (κ1) is 22.0. The van der Waals surface area contributed by atoms with Gasteiger partial charge < -0.3 is 9.84 Å². The Kier molecular flexibility index (Phi) is 5.72. The summed E-state index contributed by atoms with van der Waals surface area (Å²) in [5.41, 5.74) is 2.79. The monoisotopic (exact) mass is 491 g/mol. The van der Waals surface area contributed by atoms with E-state index in [4.69, 9.17) is 16.1 Å². The van der Waals surface area contributed by atoms with Crippen LogP contribution in [-0.4, -0.2) is 25.6 Å². The van der Waals surface area contributed by atoms with Crippen molar-refractivity contribution in [3.8, 4) is 22.2 Å². The average Bonchev–Trinajstić information content (AvgIpc) is 3.41. The molecule has 0 saturated heterocycles. The maximum absolute atomic E-state index is 13.2. The minimum absolute atomic E-state index is 0.153. The van der Waals surface area contributed by atoms with Gasteiger partial charge in [0.1, 0.15) is 11.4 Å². The summed E-state index contributed by atoms with van der Waals surface area (Å²) in [5.74, 6) is 0.371. The number of halogens is 1. The zero-order valence-electron chi connectivity index (χ0n) is 18.2. The van der Waals surface area contributed by atoms with Crippen molar-refractivity contribution in [2.75, 3.05) is 5.32 Å². The zero-order chi connectivity index (χ0) is 23.8. The van der Waals surface area contributed by atoms with Crippen LogP contribution in [0.2, 0.25) is 5.02 Å². The number of nitrogens with zero attached hydrogens (tertiary/aromatic N) is 4. The van der Waals surface area contributed by atoms with Gasteiger partial charge in [-0.25, -0.2) is 4.98 Å². The molecule has 2 aromatic carbocycles. The summed E-state index contributed by atoms with van der Waals surface area (Å²) in [5, 5.41) is 7.85. The summed E-state index contributed by atoms with van der Waals surface area (Å²) in [6, 6.07) is 14.6. The Balaban J connectivity index is 1.44. The summed E-state index contributed by atoms with van der Waals surface area (Å²) in [6.07, 6.45) is 1.38. The minimum Gasteiger partial charge on any atom is -0.333 e. The van der Waals surface area contributed by atoms with Gasteiger partial charge in [-0.3, -0.25) is 14.2 Å². The molecule has 0 unspecified atom stereocenters. The Morgan fingerprint density at radius 3 is 2.79 bits per heavy atom. The van der Waals surface area contributed by atoms with Crippen molar-refractivity contribution in [2.24, 2.45) is 0 Å². The Labute approximate surface area is 202 Å². The summed E-state index contributed by atoms with van der Waals surface area (Å²) in [6.45, 7) is 3.59. The van der Waals surface area contributed by atoms with Crippen molar-refractivity contribution in [1.29, 1.82) is 0 Å². The van der Waals surface area contributed by atoms with Crippen LogP contribution in [0, 0.1) is 13.8 Å². The molecule has 5 rings (SSSR count). The lowest BCUT2D eigenvalue weighted by Gasteiger charge is -2.08. The molecule has 0 radical (unpaired) electrons. The van der Waals surface area contributed by atoms with Crippen LogP contribution in [0.1, 0.15) is 11.1 Å². The highest BCUT2D eigenvalue weighted by molar-refractivity contribution is 7.22. The Morgan fingerprint density at radius 2 is 2.00 bits per heavy atom. The second-order valence-corrected chi connectivity index (χ2v) is 9.20. The molecule has 170 valence electrons. The molecule has 10 heteroatoms. The molecule has 0 aliphatic carbocycles. The Hall–Kier alpha value is -3.82. The topological polar surface area (TPSA) is 103 Å². The number of rotatable bonds is 5. The van der Waals surface area contributed by atoms with Gasteiger partial charge in [-0.2, -0.15) is 4.98 Å². The largest absolute Gasteiger partial charge is 0.333 e. The summed E-state index contributed by atoms with van der Waals surface area (Å²) >= 11 is 7.35. The number of aromatic nitrogens is 4. The molecule has 0 bridgehead atoms. The van der Waals surface area contributed by atoms with Gasteiger partial charge in [0.05, 0.1) is 16.6 Å². The van der Waals surface area contributed by atoms with E-state index in [0.717, 1.165) is 11.1 Å². The van der Waals surface area contributed by atoms with Crippen LogP contribution in [0.3, 0.4) is 0 Å². The molecule has 3 heterocycles. The number of carbonyl (C=O) groups is 1. The maximum Gasteiger partial charge on any atom is 0.268 e. The Morgan fingerprint density at radius 1 is 1.18 bits per heavy atom. The van der Waals surface area contributed by atoms with E-state index >= 15 is 0 Å². The van der Waals surface area contributed by atoms with E-state index in [9.17, 15) is 9.59 Å². The second kappa shape index (κ2) is 8.85. The van der Waals surface area contributed by atoms with Crippen molar-refractivity contribution >= 4 is 44.7 Å². The second-order valence-electron chi connectivity index (χ2n) is 7.77. The molecular formula is C24H18ClN5O3S. The number of nitrogens with one attached hydrogen (secondary N) is 1. The maximum atomic E-state index is 13.2. The fourth-order valence-electron chi connectivity index (χ4n) is 3.61. The van der Waals surface area contributed by atoms with Gasteiger partial charge in [-0.1, -0.05) is 41.0 Å². The summed E-state index contributed by atoms with van der Waals surface area (Å²) in [4.78, 5) is 35.7. The van der Waals surface area contributed by atoms with Crippen LogP contribution in [0.25, 0.3) is 32.4 Å². The number of anilines is 1. The van der Waals surface area contributed by atoms with Crippen molar-refractivity contribution < 1.29 is 9.32 Å². The van der Waals surface area contributed by atoms with Gasteiger partial charge in [0.15, 0.2) is 0 Å². The molecular weight excluding hydrogens is 474 g/mol. The van der Waals surface area contributed by atoms with E-state index in [-0.39, 0.29) is 18.0 Å². The molecule has 34 heavy (non-hydrogen) atoms. The first-order valence-corrected chi connectivity index (χ1v) is 11.5. The van der Waals surface area contributed by atoms with E-state index in [1.54, 1.807) is 31.2 Å². The number of carbonyl (C=O) groups excluding carboxylic acids is 1. The number of hydrogen-bond acceptors (Lipinski definition) is 7. The van der Waals surface area contributed by atoms with Gasteiger partial charge >= 0.3 is 0 Å². The van der Waals surface area contributed by atoms with Crippen molar-refractivity contribution in [2.45, 2.75) is 20.4 Å². The zero-order valence-corrected chi connectivity index (χ0v) is 19.8. The number of fused-ring (bicyclic) bond motifs is 1. The number of thiophene rings is 1. The normalized spacial score (nSPS) is 11.1. The van der Waals surface area contributed by atoms with Crippen LogP contribution in [0.4, 0.5) is 5.69 Å². The molecule has 1 amide bonds. The molecule has 3 aromatic heterocycles. The van der Waals surface area contributed by atoms with Crippen LogP contribution >= 0.6 is 22.9 Å². The standard InChI is InChI=1S/C24H18ClN5O3S/c1-13-5-3-8-17(9-13)27-18(31)11-30-12-26-23-19(24(30)32)14(2)20(34-23)22-28-21(29-33-22)15-6-4-7-16(25)10-15/h3-10,12H,11H2,1-2H3,(H,27,31). The molecule has 0 spiro atoms. The number of hydrogen-bond donors (Lipinski definition) is 1. The predicted molar refractivity (Wildman–Crippen MR) is 132 cm³/mol. The van der Waals surface area contributed by atoms with Crippen LogP contribution in [-0.2, 0) is 11.3 Å². The van der Waals surface area contributed by atoms with Crippen LogP contribution in [0.15, 0.2) is 64.2 Å². The highest BCUT2D eigenvalue weighted by Crippen LogP contribution is 2.35. The van der Waals surface area contributed by atoms with Crippen molar-refractivity contribution in [3.05, 3.63) is 81.4 Å². The van der Waals surface area contributed by atoms with Gasteiger partial charge in [0, 0.05) is 16.3 Å². The van der Waals surface area contributed by atoms with Gasteiger partial charge in [-0.05, 0) is 49.2 Å². The van der Waals surface area contributed by atoms with Gasteiger partial charge in [0.2, 0.25) is 11.7 Å². The first-order valence-electron chi connectivity index (χ1n) is 10.3. The fourth-order valence-corrected chi connectivity index (χ4v) is 4.87. The van der Waals surface area contributed by atoms with E-state index in [0.29, 0.717) is 43.1 Å². The van der Waals surface area contributed by atoms with Crippen LogP contribution in [0.5, 0.6) is 0 Å². The molecule has 8 nitrogen and oxygen atoms in total. The molecule has 0 aliphatic heterocycles. The number of aryl methyl sites for hydroxylation is 2. The lowest BCUT2D eigenvalue weighted by molar-refractivity contribution is -0.116. The number of benzene rings is 2. The van der Waals surface area contributed by atoms with Crippen molar-refractivity contribution in [1.82, 2.24) is 19.7 Å². The van der Waals surface area contributed by atoms with Crippen molar-refractivity contribution in [3.63, 3.8) is 0 Å². The van der Waals surface area contributed by atoms with E-state index in [2.05, 4.69) is 20.4 Å². The molecule has 0 aliphatic rings. The average molecular weight is 492 g/mol. The quantitative estimate of drug-likeness (QED) is 0.367. The molecule has 1 N–H and O–H groups in total. The minimum atomic E-state index is -0.315. The number of amides is 1. The smallest absolute Gasteiger partial charge is 0.268 e. The molecule has 0 fully saturated rings. The van der Waals surface area contributed by atoms with Crippen LogP contribution < -0.4 is 10.9 Å². The molecule has 0 atom stereocenters. The summed E-state index contributed by atoms with van der Waals surface area (Å²) in [7, 11) is 0. The third-order valence-corrected chi connectivity index (χ3v) is 6.66. The van der Waals surface area contributed by atoms with E-state index < -0.39 is 0 Å². The van der Waals surface area contributed by atoms with E-state index in [1.165, 1.54) is 22.2 Å². The van der Waals surface area contributed by atoms with Gasteiger partial charge in [-0.15, -0.1) is 11.3 Å². The third-order valence-electron chi connectivity index (χ3n) is 5.24. The SMILES string of the molecule is Cc1cccc(NC(=O)Cn2cnc3sc(-c4nc(-c5cccc(Cl)c5)no4)c(C)c3c2=O)c1. The Bertz CT molecular complexity index is 1600. The first-order chi connectivity index (χ1) is 16.4. The lowest BCUT2D eigenvalue weighted by atomic mass is 10.2. The fraction of sp³-hybridized carbons (Fsp3) is 0.125. The summed E-state index contributed by atoms with van der Waals surface area (Å²) < 4.78 is 6.77.